The zero-order valence-electron chi connectivity index (χ0n) is 13.1. The van der Waals surface area contributed by atoms with E-state index in [1.54, 1.807) is 6.07 Å². The summed E-state index contributed by atoms with van der Waals surface area (Å²) in [6, 6.07) is 5.63. The number of aromatic hydroxyl groups is 1. The normalized spacial score (nSPS) is 11.3. The van der Waals surface area contributed by atoms with Crippen molar-refractivity contribution in [3.05, 3.63) is 30.0 Å². The maximum absolute atomic E-state index is 9.94. The number of hydrogen-bond donors (Lipinski definition) is 3. The van der Waals surface area contributed by atoms with Crippen LogP contribution in [0.1, 0.15) is 51.0 Å². The van der Waals surface area contributed by atoms with Crippen molar-refractivity contribution in [1.29, 1.82) is 0 Å². The molecule has 0 saturated heterocycles. The topological polar surface area (TPSA) is 48.0 Å². The van der Waals surface area contributed by atoms with E-state index in [1.807, 2.05) is 18.3 Å². The second-order valence-corrected chi connectivity index (χ2v) is 5.78. The Morgan fingerprint density at radius 3 is 2.71 bits per heavy atom. The molecule has 0 saturated carbocycles. The minimum absolute atomic E-state index is 0.375. The van der Waals surface area contributed by atoms with Crippen LogP contribution in [-0.2, 0) is 6.42 Å². The minimum atomic E-state index is 0.375. The number of phenolic OH excluding ortho intramolecular Hbond substituents is 1. The molecule has 21 heavy (non-hydrogen) atoms. The van der Waals surface area contributed by atoms with Crippen LogP contribution in [0.2, 0.25) is 0 Å². The van der Waals surface area contributed by atoms with Gasteiger partial charge < -0.3 is 15.4 Å². The first-order valence-electron chi connectivity index (χ1n) is 8.31. The van der Waals surface area contributed by atoms with Crippen LogP contribution in [0.4, 0.5) is 0 Å². The standard InChI is InChI=1S/C18H28N2O/c1-2-3-4-5-6-7-12-19-13-11-15-14-20-16-9-8-10-17(21)18(15)16/h8-10,14,19-21H,2-7,11-13H2,1H3. The van der Waals surface area contributed by atoms with Gasteiger partial charge in [-0.15, -0.1) is 0 Å². The number of rotatable bonds is 10. The van der Waals surface area contributed by atoms with E-state index in [-0.39, 0.29) is 0 Å². The molecule has 3 N–H and O–H groups in total. The quantitative estimate of drug-likeness (QED) is 0.569. The number of benzene rings is 1. The first-order valence-corrected chi connectivity index (χ1v) is 8.31. The average molecular weight is 288 g/mol. The van der Waals surface area contributed by atoms with Crippen LogP contribution in [0.5, 0.6) is 5.75 Å². The molecule has 3 nitrogen and oxygen atoms in total. The highest BCUT2D eigenvalue weighted by Gasteiger charge is 2.06. The molecule has 0 bridgehead atoms. The molecule has 1 aromatic heterocycles. The van der Waals surface area contributed by atoms with Gasteiger partial charge in [-0.05, 0) is 43.6 Å². The average Bonchev–Trinajstić information content (AvgIpc) is 2.90. The summed E-state index contributed by atoms with van der Waals surface area (Å²) in [5.74, 6) is 0.375. The van der Waals surface area contributed by atoms with E-state index in [0.29, 0.717) is 5.75 Å². The summed E-state index contributed by atoms with van der Waals surface area (Å²) in [5, 5.41) is 14.4. The summed E-state index contributed by atoms with van der Waals surface area (Å²) in [7, 11) is 0. The predicted octanol–water partition coefficient (Wildman–Crippen LogP) is 4.37. The SMILES string of the molecule is CCCCCCCCNCCc1c[nH]c2cccc(O)c12. The Balaban J connectivity index is 1.64. The Bertz CT molecular complexity index is 533. The first-order chi connectivity index (χ1) is 10.3. The maximum atomic E-state index is 9.94. The Morgan fingerprint density at radius 2 is 1.86 bits per heavy atom. The van der Waals surface area contributed by atoms with Gasteiger partial charge >= 0.3 is 0 Å². The van der Waals surface area contributed by atoms with Crippen LogP contribution in [0.25, 0.3) is 10.9 Å². The third-order valence-electron chi connectivity index (χ3n) is 4.04. The zero-order valence-corrected chi connectivity index (χ0v) is 13.1. The molecule has 1 aromatic carbocycles. The van der Waals surface area contributed by atoms with E-state index in [1.165, 1.54) is 44.1 Å². The molecule has 0 aliphatic heterocycles. The molecule has 2 aromatic rings. The lowest BCUT2D eigenvalue weighted by Gasteiger charge is -2.05. The fourth-order valence-corrected chi connectivity index (χ4v) is 2.81. The summed E-state index contributed by atoms with van der Waals surface area (Å²) in [6.45, 7) is 4.32. The van der Waals surface area contributed by atoms with Crippen LogP contribution in [0.3, 0.4) is 0 Å². The van der Waals surface area contributed by atoms with Crippen LogP contribution in [0, 0.1) is 0 Å². The lowest BCUT2D eigenvalue weighted by molar-refractivity contribution is 0.481. The van der Waals surface area contributed by atoms with Crippen molar-refractivity contribution >= 4 is 10.9 Å². The molecule has 1 heterocycles. The van der Waals surface area contributed by atoms with Crippen molar-refractivity contribution in [2.45, 2.75) is 51.9 Å². The van der Waals surface area contributed by atoms with Gasteiger partial charge in [0.2, 0.25) is 0 Å². The van der Waals surface area contributed by atoms with Crippen molar-refractivity contribution in [2.75, 3.05) is 13.1 Å². The Kier molecular flexibility index (Phi) is 6.61. The van der Waals surface area contributed by atoms with Crippen LogP contribution in [-0.4, -0.2) is 23.2 Å². The zero-order chi connectivity index (χ0) is 14.9. The number of phenols is 1. The van der Waals surface area contributed by atoms with E-state index in [0.717, 1.165) is 30.4 Å². The van der Waals surface area contributed by atoms with Gasteiger partial charge in [0.15, 0.2) is 0 Å². The van der Waals surface area contributed by atoms with Crippen LogP contribution >= 0.6 is 0 Å². The van der Waals surface area contributed by atoms with E-state index >= 15 is 0 Å². The Labute approximate surface area is 127 Å². The van der Waals surface area contributed by atoms with Crippen LogP contribution in [0.15, 0.2) is 24.4 Å². The number of aromatic amines is 1. The van der Waals surface area contributed by atoms with Crippen molar-refractivity contribution < 1.29 is 5.11 Å². The number of fused-ring (bicyclic) bond motifs is 1. The fraction of sp³-hybridized carbons (Fsp3) is 0.556. The summed E-state index contributed by atoms with van der Waals surface area (Å²) < 4.78 is 0. The smallest absolute Gasteiger partial charge is 0.125 e. The summed E-state index contributed by atoms with van der Waals surface area (Å²) in [5.41, 5.74) is 2.21. The molecule has 0 amide bonds. The first kappa shape index (κ1) is 15.9. The molecule has 0 unspecified atom stereocenters. The molecule has 0 fully saturated rings. The second-order valence-electron chi connectivity index (χ2n) is 5.78. The van der Waals surface area contributed by atoms with E-state index in [9.17, 15) is 5.11 Å². The van der Waals surface area contributed by atoms with Gasteiger partial charge in [0, 0.05) is 17.1 Å². The van der Waals surface area contributed by atoms with Crippen molar-refractivity contribution in [2.24, 2.45) is 0 Å². The molecule has 0 aliphatic rings. The molecular weight excluding hydrogens is 260 g/mol. The lowest BCUT2D eigenvalue weighted by Crippen LogP contribution is -2.18. The van der Waals surface area contributed by atoms with E-state index in [2.05, 4.69) is 17.2 Å². The third kappa shape index (κ3) is 4.78. The van der Waals surface area contributed by atoms with Crippen LogP contribution < -0.4 is 5.32 Å². The molecular formula is C18H28N2O. The predicted molar refractivity (Wildman–Crippen MR) is 89.9 cm³/mol. The molecule has 0 spiro atoms. The number of H-pyrrole nitrogens is 1. The highest BCUT2D eigenvalue weighted by Crippen LogP contribution is 2.27. The van der Waals surface area contributed by atoms with E-state index in [4.69, 9.17) is 0 Å². The molecule has 3 heteroatoms. The third-order valence-corrected chi connectivity index (χ3v) is 4.04. The molecule has 116 valence electrons. The fourth-order valence-electron chi connectivity index (χ4n) is 2.81. The monoisotopic (exact) mass is 288 g/mol. The van der Waals surface area contributed by atoms with Gasteiger partial charge in [-0.25, -0.2) is 0 Å². The maximum Gasteiger partial charge on any atom is 0.125 e. The number of unbranched alkanes of at least 4 members (excludes halogenated alkanes) is 5. The minimum Gasteiger partial charge on any atom is -0.507 e. The van der Waals surface area contributed by atoms with Gasteiger partial charge in [-0.2, -0.15) is 0 Å². The second kappa shape index (κ2) is 8.73. The molecule has 0 aliphatic carbocycles. The highest BCUT2D eigenvalue weighted by atomic mass is 16.3. The van der Waals surface area contributed by atoms with Gasteiger partial charge in [-0.3, -0.25) is 0 Å². The van der Waals surface area contributed by atoms with E-state index < -0.39 is 0 Å². The summed E-state index contributed by atoms with van der Waals surface area (Å²) in [6.07, 6.45) is 11.0. The Hall–Kier alpha value is -1.48. The lowest BCUT2D eigenvalue weighted by atomic mass is 10.1. The van der Waals surface area contributed by atoms with Gasteiger partial charge in [0.05, 0.1) is 0 Å². The largest absolute Gasteiger partial charge is 0.507 e. The molecule has 2 rings (SSSR count). The van der Waals surface area contributed by atoms with Gasteiger partial charge in [0.1, 0.15) is 5.75 Å². The molecule has 0 radical (unpaired) electrons. The van der Waals surface area contributed by atoms with Gasteiger partial charge in [0.25, 0.3) is 0 Å². The van der Waals surface area contributed by atoms with Crippen molar-refractivity contribution in [3.63, 3.8) is 0 Å². The molecule has 0 atom stereocenters. The number of hydrogen-bond acceptors (Lipinski definition) is 2. The number of aromatic nitrogens is 1. The van der Waals surface area contributed by atoms with Crippen molar-refractivity contribution in [3.8, 4) is 5.75 Å². The summed E-state index contributed by atoms with van der Waals surface area (Å²) in [4.78, 5) is 3.22. The van der Waals surface area contributed by atoms with Gasteiger partial charge in [-0.1, -0.05) is 45.1 Å². The Morgan fingerprint density at radius 1 is 1.05 bits per heavy atom. The van der Waals surface area contributed by atoms with Crippen molar-refractivity contribution in [1.82, 2.24) is 10.3 Å². The summed E-state index contributed by atoms with van der Waals surface area (Å²) >= 11 is 0. The number of nitrogens with one attached hydrogen (secondary N) is 2. The highest BCUT2D eigenvalue weighted by molar-refractivity contribution is 5.88.